The van der Waals surface area contributed by atoms with Gasteiger partial charge in [0.2, 0.25) is 0 Å². The summed E-state index contributed by atoms with van der Waals surface area (Å²) in [5.41, 5.74) is 1.26. The van der Waals surface area contributed by atoms with E-state index in [9.17, 15) is 31.2 Å². The number of hydrogen-bond acceptors (Lipinski definition) is 7. The van der Waals surface area contributed by atoms with Crippen LogP contribution in [0.4, 0.5) is 18.0 Å². The van der Waals surface area contributed by atoms with Crippen LogP contribution in [-0.2, 0) is 14.9 Å². The van der Waals surface area contributed by atoms with Crippen LogP contribution in [0.5, 0.6) is 5.75 Å². The minimum Gasteiger partial charge on any atom is -0.444 e. The van der Waals surface area contributed by atoms with Gasteiger partial charge in [-0.15, -0.1) is 0 Å². The molecule has 2 amide bonds. The van der Waals surface area contributed by atoms with Crippen molar-refractivity contribution in [2.75, 3.05) is 5.75 Å². The number of aromatic nitrogens is 2. The maximum absolute atomic E-state index is 13.6. The standard InChI is InChI=1S/C31H35Cl2F3N4O6S/c1-18-26(28(41)37-21-6-5-7-22(17-21)38-29(42)45-30(2,3)4)39-40(25-13-10-20(32)16-24(25)33)27(18)19-8-11-23(12-9-19)46-47(43,44)15-14-31(34,35)36/h8-13,16,21-22H,5-7,14-15,17H2,1-4H3,(H,37,41)(H,38,42)/t21-,22-/m1/s1. The van der Waals surface area contributed by atoms with E-state index in [2.05, 4.69) is 15.7 Å². The molecular formula is C31H35Cl2F3N4O6S. The number of nitrogens with one attached hydrogen (secondary N) is 2. The SMILES string of the molecule is Cc1c(C(=O)N[C@@H]2CCC[C@@H](NC(=O)OC(C)(C)C)C2)nn(-c2ccc(Cl)cc2Cl)c1-c1ccc(OS(=O)(=O)CCC(F)(F)F)cc1. The second kappa shape index (κ2) is 14.3. The monoisotopic (exact) mass is 718 g/mol. The molecule has 256 valence electrons. The van der Waals surface area contributed by atoms with Gasteiger partial charge in [0, 0.05) is 28.2 Å². The summed E-state index contributed by atoms with van der Waals surface area (Å²) in [4.78, 5) is 25.9. The molecule has 10 nitrogen and oxygen atoms in total. The van der Waals surface area contributed by atoms with Crippen LogP contribution in [0.2, 0.25) is 10.0 Å². The lowest BCUT2D eigenvalue weighted by Crippen LogP contribution is -2.47. The first kappa shape index (κ1) is 36.3. The van der Waals surface area contributed by atoms with E-state index in [1.165, 1.54) is 35.0 Å². The van der Waals surface area contributed by atoms with Crippen molar-refractivity contribution in [3.63, 3.8) is 0 Å². The van der Waals surface area contributed by atoms with Crippen molar-refractivity contribution in [2.45, 2.75) is 83.7 Å². The molecule has 0 unspecified atom stereocenters. The molecule has 1 aliphatic carbocycles. The molecular weight excluding hydrogens is 684 g/mol. The van der Waals surface area contributed by atoms with Gasteiger partial charge in [-0.05, 0) is 95.8 Å². The van der Waals surface area contributed by atoms with Crippen LogP contribution < -0.4 is 14.8 Å². The minimum absolute atomic E-state index is 0.100. The highest BCUT2D eigenvalue weighted by molar-refractivity contribution is 7.87. The van der Waals surface area contributed by atoms with Gasteiger partial charge in [-0.3, -0.25) is 4.79 Å². The summed E-state index contributed by atoms with van der Waals surface area (Å²) in [6, 6.07) is 9.88. The predicted molar refractivity (Wildman–Crippen MR) is 172 cm³/mol. The average Bonchev–Trinajstić information content (AvgIpc) is 3.28. The zero-order valence-electron chi connectivity index (χ0n) is 26.1. The fourth-order valence-electron chi connectivity index (χ4n) is 5.16. The lowest BCUT2D eigenvalue weighted by Gasteiger charge is -2.31. The van der Waals surface area contributed by atoms with Crippen LogP contribution in [-0.4, -0.2) is 59.8 Å². The van der Waals surface area contributed by atoms with Crippen molar-refractivity contribution >= 4 is 45.3 Å². The number of rotatable bonds is 9. The van der Waals surface area contributed by atoms with E-state index in [1.54, 1.807) is 39.8 Å². The third-order valence-corrected chi connectivity index (χ3v) is 8.88. The molecule has 1 saturated carbocycles. The van der Waals surface area contributed by atoms with E-state index in [4.69, 9.17) is 32.1 Å². The first-order valence-corrected chi connectivity index (χ1v) is 17.1. The Labute approximate surface area is 281 Å². The van der Waals surface area contributed by atoms with Gasteiger partial charge in [0.05, 0.1) is 28.6 Å². The minimum atomic E-state index is -4.65. The number of carbonyl (C=O) groups excluding carboxylic acids is 2. The van der Waals surface area contributed by atoms with Crippen molar-refractivity contribution in [3.8, 4) is 22.7 Å². The highest BCUT2D eigenvalue weighted by Gasteiger charge is 2.31. The summed E-state index contributed by atoms with van der Waals surface area (Å²) < 4.78 is 73.5. The number of alkyl carbamates (subject to hydrolysis) is 1. The van der Waals surface area contributed by atoms with Crippen molar-refractivity contribution in [2.24, 2.45) is 0 Å². The van der Waals surface area contributed by atoms with Crippen LogP contribution in [0.1, 0.15) is 68.9 Å². The van der Waals surface area contributed by atoms with E-state index in [1.807, 2.05) is 0 Å². The number of halogens is 5. The Morgan fingerprint density at radius 1 is 1.02 bits per heavy atom. The van der Waals surface area contributed by atoms with E-state index in [0.29, 0.717) is 40.4 Å². The van der Waals surface area contributed by atoms with Crippen molar-refractivity contribution in [1.29, 1.82) is 0 Å². The number of amides is 2. The van der Waals surface area contributed by atoms with Crippen LogP contribution in [0, 0.1) is 6.92 Å². The molecule has 0 radical (unpaired) electrons. The third kappa shape index (κ3) is 10.2. The molecule has 0 saturated heterocycles. The maximum Gasteiger partial charge on any atom is 0.407 e. The molecule has 1 fully saturated rings. The van der Waals surface area contributed by atoms with Crippen molar-refractivity contribution < 1.29 is 40.1 Å². The lowest BCUT2D eigenvalue weighted by atomic mass is 9.91. The summed E-state index contributed by atoms with van der Waals surface area (Å²) in [6.07, 6.45) is -4.02. The van der Waals surface area contributed by atoms with Crippen LogP contribution in [0.15, 0.2) is 42.5 Å². The summed E-state index contributed by atoms with van der Waals surface area (Å²) in [6.45, 7) is 7.02. The van der Waals surface area contributed by atoms with Gasteiger partial charge in [0.1, 0.15) is 11.4 Å². The van der Waals surface area contributed by atoms with Gasteiger partial charge in [-0.25, -0.2) is 9.48 Å². The van der Waals surface area contributed by atoms with Crippen molar-refractivity contribution in [3.05, 3.63) is 63.8 Å². The number of nitrogens with zero attached hydrogens (tertiary/aromatic N) is 2. The summed E-state index contributed by atoms with van der Waals surface area (Å²) in [5.74, 6) is -1.86. The molecule has 47 heavy (non-hydrogen) atoms. The number of alkyl halides is 3. The smallest absolute Gasteiger partial charge is 0.407 e. The second-order valence-electron chi connectivity index (χ2n) is 12.2. The molecule has 1 aromatic heterocycles. The Balaban J connectivity index is 1.60. The molecule has 16 heteroatoms. The van der Waals surface area contributed by atoms with Crippen LogP contribution >= 0.6 is 23.2 Å². The highest BCUT2D eigenvalue weighted by Crippen LogP contribution is 2.34. The van der Waals surface area contributed by atoms with Gasteiger partial charge in [-0.2, -0.15) is 26.7 Å². The van der Waals surface area contributed by atoms with Gasteiger partial charge in [-0.1, -0.05) is 23.2 Å². The normalized spacial score (nSPS) is 17.2. The summed E-state index contributed by atoms with van der Waals surface area (Å²) in [5, 5.41) is 11.1. The summed E-state index contributed by atoms with van der Waals surface area (Å²) in [7, 11) is -4.51. The topological polar surface area (TPSA) is 129 Å². The molecule has 0 bridgehead atoms. The fourth-order valence-corrected chi connectivity index (χ4v) is 6.61. The quantitative estimate of drug-likeness (QED) is 0.221. The molecule has 2 atom stereocenters. The van der Waals surface area contributed by atoms with E-state index in [0.717, 1.165) is 12.8 Å². The van der Waals surface area contributed by atoms with Gasteiger partial charge in [0.15, 0.2) is 5.69 Å². The number of hydrogen-bond donors (Lipinski definition) is 2. The first-order valence-electron chi connectivity index (χ1n) is 14.7. The average molecular weight is 720 g/mol. The number of benzene rings is 2. The second-order valence-corrected chi connectivity index (χ2v) is 14.8. The van der Waals surface area contributed by atoms with E-state index in [-0.39, 0.29) is 28.5 Å². The Morgan fingerprint density at radius 2 is 1.66 bits per heavy atom. The Morgan fingerprint density at radius 3 is 2.26 bits per heavy atom. The molecule has 2 N–H and O–H groups in total. The van der Waals surface area contributed by atoms with Crippen LogP contribution in [0.25, 0.3) is 16.9 Å². The highest BCUT2D eigenvalue weighted by atomic mass is 35.5. The summed E-state index contributed by atoms with van der Waals surface area (Å²) >= 11 is 12.6. The number of ether oxygens (including phenoxy) is 1. The molecule has 3 aromatic rings. The molecule has 1 aliphatic rings. The molecule has 0 aliphatic heterocycles. The first-order chi connectivity index (χ1) is 21.8. The Bertz CT molecular complexity index is 1720. The zero-order valence-corrected chi connectivity index (χ0v) is 28.4. The third-order valence-electron chi connectivity index (χ3n) is 7.19. The Hall–Kier alpha value is -3.49. The van der Waals surface area contributed by atoms with E-state index >= 15 is 0 Å². The molecule has 1 heterocycles. The fraction of sp³-hybridized carbons (Fsp3) is 0.452. The van der Waals surface area contributed by atoms with Gasteiger partial charge < -0.3 is 19.6 Å². The lowest BCUT2D eigenvalue weighted by molar-refractivity contribution is -0.130. The molecule has 4 rings (SSSR count). The molecule has 2 aromatic carbocycles. The van der Waals surface area contributed by atoms with E-state index < -0.39 is 46.1 Å². The predicted octanol–water partition coefficient (Wildman–Crippen LogP) is 7.38. The van der Waals surface area contributed by atoms with Gasteiger partial charge in [0.25, 0.3) is 5.91 Å². The van der Waals surface area contributed by atoms with Crippen LogP contribution in [0.3, 0.4) is 0 Å². The Kier molecular flexibility index (Phi) is 11.1. The van der Waals surface area contributed by atoms with Crippen molar-refractivity contribution in [1.82, 2.24) is 20.4 Å². The number of carbonyl (C=O) groups is 2. The molecule has 0 spiro atoms. The zero-order chi connectivity index (χ0) is 34.7. The largest absolute Gasteiger partial charge is 0.444 e. The van der Waals surface area contributed by atoms with Gasteiger partial charge >= 0.3 is 22.4 Å². The maximum atomic E-state index is 13.6.